The Bertz CT molecular complexity index is 1010. The molecule has 3 amide bonds. The maximum Gasteiger partial charge on any atom is 0.408 e. The summed E-state index contributed by atoms with van der Waals surface area (Å²) in [6.45, 7) is 8.51. The van der Waals surface area contributed by atoms with Gasteiger partial charge in [0.2, 0.25) is 11.8 Å². The Morgan fingerprint density at radius 2 is 1.71 bits per heavy atom. The van der Waals surface area contributed by atoms with Crippen molar-refractivity contribution in [1.82, 2.24) is 10.6 Å². The summed E-state index contributed by atoms with van der Waals surface area (Å²) in [5.41, 5.74) is 1.90. The van der Waals surface area contributed by atoms with Gasteiger partial charge in [-0.05, 0) is 30.0 Å². The number of carbonyl (C=O) groups is 3. The summed E-state index contributed by atoms with van der Waals surface area (Å²) < 4.78 is 5.32. The number of ether oxygens (including phenoxy) is 1. The van der Waals surface area contributed by atoms with Crippen LogP contribution >= 0.6 is 0 Å². The third-order valence-electron chi connectivity index (χ3n) is 6.33. The minimum atomic E-state index is -0.823. The van der Waals surface area contributed by atoms with Crippen LogP contribution in [0.2, 0.25) is 0 Å². The number of para-hydroxylation sites is 1. The lowest BCUT2D eigenvalue weighted by Gasteiger charge is -2.34. The van der Waals surface area contributed by atoms with Crippen molar-refractivity contribution in [3.63, 3.8) is 0 Å². The fraction of sp³-hybridized carbons (Fsp3) is 0.444. The number of benzene rings is 2. The van der Waals surface area contributed by atoms with Gasteiger partial charge in [-0.15, -0.1) is 0 Å². The van der Waals surface area contributed by atoms with Crippen LogP contribution < -0.4 is 15.5 Å². The number of nitrogens with zero attached hydrogens (tertiary/aromatic N) is 1. The minimum absolute atomic E-state index is 0.110. The first kappa shape index (κ1) is 25.3. The van der Waals surface area contributed by atoms with Gasteiger partial charge < -0.3 is 15.4 Å². The maximum atomic E-state index is 13.8. The number of anilines is 1. The van der Waals surface area contributed by atoms with Crippen LogP contribution in [0.25, 0.3) is 0 Å². The van der Waals surface area contributed by atoms with Gasteiger partial charge >= 0.3 is 6.09 Å². The largest absolute Gasteiger partial charge is 0.445 e. The molecule has 2 atom stereocenters. The van der Waals surface area contributed by atoms with Crippen LogP contribution in [0.15, 0.2) is 54.6 Å². The first-order valence-corrected chi connectivity index (χ1v) is 12.0. The van der Waals surface area contributed by atoms with Gasteiger partial charge in [0, 0.05) is 17.6 Å². The molecule has 1 heterocycles. The Kier molecular flexibility index (Phi) is 8.31. The second-order valence-corrected chi connectivity index (χ2v) is 9.16. The number of carbonyl (C=O) groups excluding carboxylic acids is 3. The summed E-state index contributed by atoms with van der Waals surface area (Å²) in [6, 6.07) is 15.4. The molecule has 0 fully saturated rings. The molecule has 1 aliphatic rings. The zero-order valence-corrected chi connectivity index (χ0v) is 20.5. The summed E-state index contributed by atoms with van der Waals surface area (Å²) >= 11 is 0. The van der Waals surface area contributed by atoms with Crippen LogP contribution in [0.1, 0.15) is 58.1 Å². The van der Waals surface area contributed by atoms with Gasteiger partial charge in [0.05, 0.1) is 0 Å². The molecule has 1 unspecified atom stereocenters. The van der Waals surface area contributed by atoms with Crippen LogP contribution in [-0.2, 0) is 26.3 Å². The van der Waals surface area contributed by atoms with Crippen molar-refractivity contribution in [2.45, 2.75) is 71.1 Å². The fourth-order valence-corrected chi connectivity index (χ4v) is 4.43. The number of rotatable bonds is 9. The highest BCUT2D eigenvalue weighted by Gasteiger charge is 2.51. The monoisotopic (exact) mass is 465 g/mol. The molecule has 7 heteroatoms. The van der Waals surface area contributed by atoms with E-state index in [-0.39, 0.29) is 18.4 Å². The molecule has 7 nitrogen and oxygen atoms in total. The Morgan fingerprint density at radius 3 is 2.38 bits per heavy atom. The first-order chi connectivity index (χ1) is 16.3. The molecule has 2 N–H and O–H groups in total. The predicted molar refractivity (Wildman–Crippen MR) is 133 cm³/mol. The molecule has 34 heavy (non-hydrogen) atoms. The molecule has 0 bridgehead atoms. The third-order valence-corrected chi connectivity index (χ3v) is 6.33. The van der Waals surface area contributed by atoms with E-state index in [2.05, 4.69) is 17.6 Å². The summed E-state index contributed by atoms with van der Waals surface area (Å²) in [5.74, 6) is -0.516. The summed E-state index contributed by atoms with van der Waals surface area (Å²) in [5, 5.41) is 5.69. The average molecular weight is 466 g/mol. The average Bonchev–Trinajstić information content (AvgIpc) is 3.08. The molecule has 0 saturated heterocycles. The summed E-state index contributed by atoms with van der Waals surface area (Å²) in [7, 11) is 0. The fourth-order valence-electron chi connectivity index (χ4n) is 4.43. The van der Waals surface area contributed by atoms with Crippen LogP contribution in [0, 0.1) is 0 Å². The zero-order valence-electron chi connectivity index (χ0n) is 20.5. The lowest BCUT2D eigenvalue weighted by molar-refractivity contribution is -0.128. The van der Waals surface area contributed by atoms with Crippen molar-refractivity contribution >= 4 is 23.6 Å². The lowest BCUT2D eigenvalue weighted by atomic mass is 9.80. The molecule has 3 rings (SSSR count). The standard InChI is InChI=1S/C27H35N3O4/c1-5-7-17-28-24(31)23-27(3,4)20-15-11-12-16-22(20)30(23)25(32)21(6-2)29-26(33)34-18-19-13-9-8-10-14-19/h8-16,21,23H,5-7,17-18H2,1-4H3,(H,28,31)(H,29,33)/t21-,23?/m0/s1. The van der Waals surface area contributed by atoms with E-state index in [0.29, 0.717) is 18.7 Å². The highest BCUT2D eigenvalue weighted by atomic mass is 16.5. The molecule has 0 spiro atoms. The van der Waals surface area contributed by atoms with E-state index in [1.54, 1.807) is 4.90 Å². The van der Waals surface area contributed by atoms with Gasteiger partial charge in [-0.1, -0.05) is 82.6 Å². The molecular weight excluding hydrogens is 430 g/mol. The smallest absolute Gasteiger partial charge is 0.408 e. The molecule has 1 aliphatic heterocycles. The Labute approximate surface area is 201 Å². The molecule has 182 valence electrons. The van der Waals surface area contributed by atoms with Crippen LogP contribution in [0.3, 0.4) is 0 Å². The molecule has 0 aromatic heterocycles. The summed E-state index contributed by atoms with van der Waals surface area (Å²) in [4.78, 5) is 41.1. The molecule has 2 aromatic rings. The molecule has 2 aromatic carbocycles. The van der Waals surface area contributed by atoms with Gasteiger partial charge in [-0.3, -0.25) is 14.5 Å². The second-order valence-electron chi connectivity index (χ2n) is 9.16. The highest BCUT2D eigenvalue weighted by molar-refractivity contribution is 6.07. The van der Waals surface area contributed by atoms with Crippen LogP contribution in [-0.4, -0.2) is 36.5 Å². The predicted octanol–water partition coefficient (Wildman–Crippen LogP) is 4.30. The van der Waals surface area contributed by atoms with Crippen molar-refractivity contribution in [3.05, 3.63) is 65.7 Å². The van der Waals surface area contributed by atoms with Crippen molar-refractivity contribution < 1.29 is 19.1 Å². The van der Waals surface area contributed by atoms with Gasteiger partial charge in [0.1, 0.15) is 18.7 Å². The van der Waals surface area contributed by atoms with E-state index >= 15 is 0 Å². The highest BCUT2D eigenvalue weighted by Crippen LogP contribution is 2.45. The van der Waals surface area contributed by atoms with E-state index in [0.717, 1.165) is 24.0 Å². The normalized spacial score (nSPS) is 16.9. The molecule has 0 saturated carbocycles. The van der Waals surface area contributed by atoms with E-state index in [1.807, 2.05) is 75.4 Å². The number of amides is 3. The van der Waals surface area contributed by atoms with Crippen LogP contribution in [0.4, 0.5) is 10.5 Å². The molecule has 0 aliphatic carbocycles. The summed E-state index contributed by atoms with van der Waals surface area (Å²) in [6.07, 6.45) is 1.53. The molecular formula is C27H35N3O4. The number of hydrogen-bond acceptors (Lipinski definition) is 4. The van der Waals surface area contributed by atoms with Crippen molar-refractivity contribution in [2.75, 3.05) is 11.4 Å². The SMILES string of the molecule is CCCCNC(=O)C1N(C(=O)[C@H](CC)NC(=O)OCc2ccccc2)c2ccccc2C1(C)C. The van der Waals surface area contributed by atoms with E-state index < -0.39 is 23.6 Å². The number of nitrogens with one attached hydrogen (secondary N) is 2. The van der Waals surface area contributed by atoms with E-state index in [1.165, 1.54) is 0 Å². The van der Waals surface area contributed by atoms with Crippen molar-refractivity contribution in [1.29, 1.82) is 0 Å². The quantitative estimate of drug-likeness (QED) is 0.541. The first-order valence-electron chi connectivity index (χ1n) is 12.0. The Morgan fingerprint density at radius 1 is 1.03 bits per heavy atom. The van der Waals surface area contributed by atoms with Crippen molar-refractivity contribution in [2.24, 2.45) is 0 Å². The zero-order chi connectivity index (χ0) is 24.7. The number of alkyl carbamates (subject to hydrolysis) is 1. The lowest BCUT2D eigenvalue weighted by Crippen LogP contribution is -2.58. The third kappa shape index (κ3) is 5.41. The van der Waals surface area contributed by atoms with Gasteiger partial charge in [-0.25, -0.2) is 4.79 Å². The second kappa shape index (κ2) is 11.2. The van der Waals surface area contributed by atoms with Gasteiger partial charge in [-0.2, -0.15) is 0 Å². The minimum Gasteiger partial charge on any atom is -0.445 e. The number of fused-ring (bicyclic) bond motifs is 1. The Balaban J connectivity index is 1.80. The van der Waals surface area contributed by atoms with E-state index in [4.69, 9.17) is 4.74 Å². The molecule has 0 radical (unpaired) electrons. The van der Waals surface area contributed by atoms with Gasteiger partial charge in [0.15, 0.2) is 0 Å². The topological polar surface area (TPSA) is 87.7 Å². The van der Waals surface area contributed by atoms with Crippen LogP contribution in [0.5, 0.6) is 0 Å². The number of hydrogen-bond donors (Lipinski definition) is 2. The van der Waals surface area contributed by atoms with E-state index in [9.17, 15) is 14.4 Å². The Hall–Kier alpha value is -3.35. The van der Waals surface area contributed by atoms with Gasteiger partial charge in [0.25, 0.3) is 0 Å². The van der Waals surface area contributed by atoms with Crippen molar-refractivity contribution in [3.8, 4) is 0 Å². The number of unbranched alkanes of at least 4 members (excludes halogenated alkanes) is 1. The maximum absolute atomic E-state index is 13.8.